The van der Waals surface area contributed by atoms with Crippen molar-refractivity contribution in [2.75, 3.05) is 4.90 Å². The van der Waals surface area contributed by atoms with Crippen LogP contribution < -0.4 is 4.90 Å². The zero-order valence-electron chi connectivity index (χ0n) is 14.7. The molecule has 0 saturated carbocycles. The van der Waals surface area contributed by atoms with Crippen molar-refractivity contribution < 1.29 is 9.59 Å². The van der Waals surface area contributed by atoms with Crippen molar-refractivity contribution in [2.24, 2.45) is 0 Å². The summed E-state index contributed by atoms with van der Waals surface area (Å²) in [4.78, 5) is 28.8. The van der Waals surface area contributed by atoms with E-state index in [2.05, 4.69) is 0 Å². The van der Waals surface area contributed by atoms with Gasteiger partial charge in [-0.3, -0.25) is 9.59 Å². The summed E-state index contributed by atoms with van der Waals surface area (Å²) in [7, 11) is 0. The number of carbonyl (C=O) groups is 2. The van der Waals surface area contributed by atoms with E-state index in [-0.39, 0.29) is 11.8 Å². The van der Waals surface area contributed by atoms with Crippen LogP contribution in [0.1, 0.15) is 16.0 Å². The zero-order valence-corrected chi connectivity index (χ0v) is 16.3. The number of amides is 2. The number of thioether (sulfide) groups is 1. The minimum atomic E-state index is -0.326. The van der Waals surface area contributed by atoms with Gasteiger partial charge in [0.2, 0.25) is 0 Å². The number of carbonyl (C=O) groups excluding carboxylic acids is 2. The topological polar surface area (TPSA) is 61.2 Å². The van der Waals surface area contributed by atoms with Gasteiger partial charge < -0.3 is 0 Å². The van der Waals surface area contributed by atoms with E-state index < -0.39 is 0 Å². The Balaban J connectivity index is 1.70. The molecule has 0 saturated heterocycles. The molecule has 2 amide bonds. The maximum atomic E-state index is 13.2. The number of hydrogen-bond donors (Lipinski definition) is 0. The van der Waals surface area contributed by atoms with Crippen molar-refractivity contribution >= 4 is 46.2 Å². The molecular weight excluding hydrogens is 388 g/mol. The van der Waals surface area contributed by atoms with E-state index in [1.54, 1.807) is 24.3 Å². The summed E-state index contributed by atoms with van der Waals surface area (Å²) in [5.74, 6) is -0.0441. The molecule has 0 unspecified atom stereocenters. The highest BCUT2D eigenvalue weighted by Gasteiger charge is 2.40. The molecule has 4 nitrogen and oxygen atoms in total. The fourth-order valence-electron chi connectivity index (χ4n) is 2.93. The van der Waals surface area contributed by atoms with E-state index in [4.69, 9.17) is 5.26 Å². The fourth-order valence-corrected chi connectivity index (χ4v) is 4.82. The Bertz CT molecular complexity index is 1100. The van der Waals surface area contributed by atoms with E-state index in [1.807, 2.05) is 53.9 Å². The maximum Gasteiger partial charge on any atom is 0.272 e. The van der Waals surface area contributed by atoms with Crippen LogP contribution in [0.25, 0.3) is 5.57 Å². The second kappa shape index (κ2) is 7.85. The Morgan fingerprint density at radius 1 is 0.929 bits per heavy atom. The molecule has 1 aromatic heterocycles. The van der Waals surface area contributed by atoms with Crippen LogP contribution in [0.2, 0.25) is 0 Å². The van der Waals surface area contributed by atoms with Crippen molar-refractivity contribution in [2.45, 2.75) is 5.75 Å². The van der Waals surface area contributed by atoms with Crippen molar-refractivity contribution in [3.8, 4) is 6.07 Å². The summed E-state index contributed by atoms with van der Waals surface area (Å²) in [6, 6.07) is 22.1. The van der Waals surface area contributed by atoms with Gasteiger partial charge in [-0.2, -0.15) is 5.26 Å². The van der Waals surface area contributed by atoms with Crippen LogP contribution in [0.3, 0.4) is 0 Å². The number of nitrogens with zero attached hydrogens (tertiary/aromatic N) is 2. The van der Waals surface area contributed by atoms with Gasteiger partial charge in [-0.1, -0.05) is 36.4 Å². The average molecular weight is 403 g/mol. The third-order valence-corrected chi connectivity index (χ3v) is 6.32. The summed E-state index contributed by atoms with van der Waals surface area (Å²) in [6.07, 6.45) is 0. The van der Waals surface area contributed by atoms with Gasteiger partial charge in [0.15, 0.2) is 0 Å². The zero-order chi connectivity index (χ0) is 19.5. The maximum absolute atomic E-state index is 13.2. The predicted molar refractivity (Wildman–Crippen MR) is 113 cm³/mol. The first-order valence-electron chi connectivity index (χ1n) is 8.53. The highest BCUT2D eigenvalue weighted by molar-refractivity contribution is 8.03. The molecular formula is C22H14N2O2S2. The highest BCUT2D eigenvalue weighted by atomic mass is 32.2. The SMILES string of the molecule is N#Cc1ccc(N2C(=O)C(SCc3ccccc3)=C(c3cccs3)C2=O)cc1. The lowest BCUT2D eigenvalue weighted by molar-refractivity contribution is -0.119. The van der Waals surface area contributed by atoms with E-state index in [1.165, 1.54) is 28.0 Å². The molecule has 0 spiro atoms. The van der Waals surface area contributed by atoms with E-state index >= 15 is 0 Å². The van der Waals surface area contributed by atoms with Gasteiger partial charge in [-0.05, 0) is 41.3 Å². The Morgan fingerprint density at radius 3 is 2.32 bits per heavy atom. The standard InChI is InChI=1S/C22H14N2O2S2/c23-13-15-8-10-17(11-9-15)24-21(25)19(18-7-4-12-27-18)20(22(24)26)28-14-16-5-2-1-3-6-16/h1-12H,14H2. The van der Waals surface area contributed by atoms with Crippen LogP contribution in [-0.2, 0) is 15.3 Å². The normalized spacial score (nSPS) is 13.9. The molecule has 0 bridgehead atoms. The van der Waals surface area contributed by atoms with Gasteiger partial charge in [0.05, 0.1) is 27.8 Å². The Labute approximate surface area is 170 Å². The van der Waals surface area contributed by atoms with Crippen molar-refractivity contribution in [3.63, 3.8) is 0 Å². The fraction of sp³-hybridized carbons (Fsp3) is 0.0455. The van der Waals surface area contributed by atoms with Gasteiger partial charge in [-0.25, -0.2) is 4.90 Å². The lowest BCUT2D eigenvalue weighted by atomic mass is 10.2. The van der Waals surface area contributed by atoms with Gasteiger partial charge in [0.25, 0.3) is 11.8 Å². The van der Waals surface area contributed by atoms with Crippen LogP contribution in [-0.4, -0.2) is 11.8 Å². The Morgan fingerprint density at radius 2 is 1.68 bits per heavy atom. The first-order chi connectivity index (χ1) is 13.7. The number of anilines is 1. The molecule has 0 atom stereocenters. The van der Waals surface area contributed by atoms with Gasteiger partial charge in [0, 0.05) is 10.6 Å². The molecule has 136 valence electrons. The third kappa shape index (κ3) is 3.38. The van der Waals surface area contributed by atoms with Crippen LogP contribution >= 0.6 is 23.1 Å². The molecule has 28 heavy (non-hydrogen) atoms. The molecule has 1 aliphatic rings. The van der Waals surface area contributed by atoms with Crippen LogP contribution in [0.5, 0.6) is 0 Å². The Kier molecular flexibility index (Phi) is 5.11. The first kappa shape index (κ1) is 18.2. The third-order valence-electron chi connectivity index (χ3n) is 4.29. The molecule has 0 aliphatic carbocycles. The van der Waals surface area contributed by atoms with E-state index in [9.17, 15) is 9.59 Å². The van der Waals surface area contributed by atoms with Crippen LogP contribution in [0.15, 0.2) is 77.0 Å². The summed E-state index contributed by atoms with van der Waals surface area (Å²) >= 11 is 2.82. The first-order valence-corrected chi connectivity index (χ1v) is 10.4. The second-order valence-electron chi connectivity index (χ2n) is 6.06. The van der Waals surface area contributed by atoms with Gasteiger partial charge in [0.1, 0.15) is 0 Å². The summed E-state index contributed by atoms with van der Waals surface area (Å²) in [5.41, 5.74) is 2.49. The molecule has 4 rings (SSSR count). The Hall–Kier alpha value is -3.14. The quantitative estimate of drug-likeness (QED) is 0.573. The van der Waals surface area contributed by atoms with Crippen molar-refractivity contribution in [3.05, 3.63) is 93.0 Å². The molecule has 0 radical (unpaired) electrons. The molecule has 3 aromatic rings. The van der Waals surface area contributed by atoms with Gasteiger partial charge >= 0.3 is 0 Å². The lowest BCUT2D eigenvalue weighted by Crippen LogP contribution is -2.31. The average Bonchev–Trinajstić information content (AvgIpc) is 3.34. The minimum absolute atomic E-state index is 0.320. The molecule has 1 aliphatic heterocycles. The minimum Gasteiger partial charge on any atom is -0.268 e. The molecule has 0 N–H and O–H groups in total. The lowest BCUT2D eigenvalue weighted by Gasteiger charge is -2.15. The smallest absolute Gasteiger partial charge is 0.268 e. The highest BCUT2D eigenvalue weighted by Crippen LogP contribution is 2.40. The van der Waals surface area contributed by atoms with Crippen LogP contribution in [0, 0.1) is 11.3 Å². The molecule has 0 fully saturated rings. The number of imide groups is 1. The molecule has 6 heteroatoms. The number of hydrogen-bond acceptors (Lipinski definition) is 5. The summed E-state index contributed by atoms with van der Waals surface area (Å²) in [6.45, 7) is 0. The van der Waals surface area contributed by atoms with E-state index in [0.29, 0.717) is 27.5 Å². The van der Waals surface area contributed by atoms with E-state index in [0.717, 1.165) is 10.4 Å². The largest absolute Gasteiger partial charge is 0.272 e. The summed E-state index contributed by atoms with van der Waals surface area (Å²) in [5, 5.41) is 10.9. The summed E-state index contributed by atoms with van der Waals surface area (Å²) < 4.78 is 0. The number of benzene rings is 2. The predicted octanol–water partition coefficient (Wildman–Crippen LogP) is 4.84. The number of rotatable bonds is 5. The number of thiophene rings is 1. The monoisotopic (exact) mass is 402 g/mol. The van der Waals surface area contributed by atoms with Crippen LogP contribution in [0.4, 0.5) is 5.69 Å². The molecule has 2 aromatic carbocycles. The second-order valence-corrected chi connectivity index (χ2v) is 7.99. The van der Waals surface area contributed by atoms with Crippen molar-refractivity contribution in [1.82, 2.24) is 0 Å². The molecule has 2 heterocycles. The van der Waals surface area contributed by atoms with Crippen molar-refractivity contribution in [1.29, 1.82) is 5.26 Å². The van der Waals surface area contributed by atoms with Gasteiger partial charge in [-0.15, -0.1) is 23.1 Å². The number of nitriles is 1.